The van der Waals surface area contributed by atoms with Crippen LogP contribution in [0.4, 0.5) is 4.39 Å². The lowest BCUT2D eigenvalue weighted by molar-refractivity contribution is -0.139. The van der Waals surface area contributed by atoms with Crippen LogP contribution in [0.2, 0.25) is 0 Å². The molecule has 2 heterocycles. The predicted molar refractivity (Wildman–Crippen MR) is 101 cm³/mol. The molecule has 3 rings (SSSR count). The van der Waals surface area contributed by atoms with E-state index < -0.39 is 5.60 Å². The van der Waals surface area contributed by atoms with E-state index in [9.17, 15) is 18.8 Å². The normalized spacial score (nSPS) is 21.5. The molecule has 7 heteroatoms. The number of hydrogen-bond acceptors (Lipinski definition) is 4. The number of nitrogens with one attached hydrogen (secondary N) is 1. The van der Waals surface area contributed by atoms with Crippen LogP contribution in [0.5, 0.6) is 0 Å². The van der Waals surface area contributed by atoms with Crippen LogP contribution in [0.1, 0.15) is 43.5 Å². The maximum absolute atomic E-state index is 13.0. The lowest BCUT2D eigenvalue weighted by atomic mass is 9.96. The van der Waals surface area contributed by atoms with Gasteiger partial charge in [-0.3, -0.25) is 14.4 Å². The molecule has 6 nitrogen and oxygen atoms in total. The number of nitrogens with zero attached hydrogens (tertiary/aromatic N) is 1. The summed E-state index contributed by atoms with van der Waals surface area (Å²) in [6.45, 7) is 5.07. The molecule has 1 atom stereocenters. The highest BCUT2D eigenvalue weighted by atomic mass is 19.1. The Kier molecular flexibility index (Phi) is 5.82. The molecule has 28 heavy (non-hydrogen) atoms. The molecule has 1 fully saturated rings. The Morgan fingerprint density at radius 1 is 1.29 bits per heavy atom. The average molecular weight is 388 g/mol. The molecule has 150 valence electrons. The molecule has 2 amide bonds. The molecule has 1 aromatic carbocycles. The van der Waals surface area contributed by atoms with Gasteiger partial charge in [0.05, 0.1) is 0 Å². The minimum absolute atomic E-state index is 0.0947. The van der Waals surface area contributed by atoms with Gasteiger partial charge in [0.2, 0.25) is 0 Å². The number of ether oxygens (including phenoxy) is 1. The van der Waals surface area contributed by atoms with E-state index >= 15 is 0 Å². The second-order valence-electron chi connectivity index (χ2n) is 7.99. The molecule has 0 aromatic heterocycles. The van der Waals surface area contributed by atoms with Crippen molar-refractivity contribution in [3.63, 3.8) is 0 Å². The van der Waals surface area contributed by atoms with Crippen LogP contribution in [-0.4, -0.2) is 47.7 Å². The minimum atomic E-state index is -0.685. The zero-order valence-corrected chi connectivity index (χ0v) is 16.2. The molecule has 0 bridgehead atoms. The Labute approximate surface area is 163 Å². The Morgan fingerprint density at radius 3 is 2.68 bits per heavy atom. The first-order chi connectivity index (χ1) is 13.2. The van der Waals surface area contributed by atoms with Crippen molar-refractivity contribution in [2.24, 2.45) is 5.92 Å². The third-order valence-electron chi connectivity index (χ3n) is 4.95. The van der Waals surface area contributed by atoms with E-state index in [1.807, 2.05) is 0 Å². The molecule has 0 radical (unpaired) electrons. The van der Waals surface area contributed by atoms with Gasteiger partial charge in [-0.1, -0.05) is 0 Å². The van der Waals surface area contributed by atoms with E-state index in [-0.39, 0.29) is 41.5 Å². The van der Waals surface area contributed by atoms with Crippen molar-refractivity contribution in [1.29, 1.82) is 0 Å². The van der Waals surface area contributed by atoms with Crippen LogP contribution >= 0.6 is 0 Å². The number of hydrogen-bond donors (Lipinski definition) is 1. The van der Waals surface area contributed by atoms with E-state index in [1.165, 1.54) is 30.3 Å². The van der Waals surface area contributed by atoms with Crippen molar-refractivity contribution in [3.8, 4) is 0 Å². The standard InChI is InChI=1S/C21H25FN2O4/c1-21(2)11-17(25)10-18(28-21)20(27)24-9-3-4-14(13-24)12-23-19(26)15-5-7-16(22)8-6-15/h5-8,10,14H,3-4,9,11-13H2,1-2H3,(H,23,26)/t14-/m0/s1. The number of ketones is 1. The number of likely N-dealkylation sites (tertiary alicyclic amines) is 1. The van der Waals surface area contributed by atoms with Crippen LogP contribution in [0.3, 0.4) is 0 Å². The quantitative estimate of drug-likeness (QED) is 0.860. The second kappa shape index (κ2) is 8.12. The van der Waals surface area contributed by atoms with Crippen LogP contribution in [0, 0.1) is 11.7 Å². The molecule has 0 unspecified atom stereocenters. The number of halogens is 1. The Morgan fingerprint density at radius 2 is 2.00 bits per heavy atom. The molecule has 1 saturated heterocycles. The van der Waals surface area contributed by atoms with Gasteiger partial charge in [-0.15, -0.1) is 0 Å². The molecule has 1 N–H and O–H groups in total. The van der Waals surface area contributed by atoms with Crippen LogP contribution < -0.4 is 5.32 Å². The fourth-order valence-corrected chi connectivity index (χ4v) is 3.60. The van der Waals surface area contributed by atoms with Crippen molar-refractivity contribution in [2.45, 2.75) is 38.7 Å². The summed E-state index contributed by atoms with van der Waals surface area (Å²) >= 11 is 0. The first-order valence-corrected chi connectivity index (χ1v) is 9.50. The number of amides is 2. The first kappa shape index (κ1) is 20.0. The highest BCUT2D eigenvalue weighted by Crippen LogP contribution is 2.27. The van der Waals surface area contributed by atoms with Crippen molar-refractivity contribution in [1.82, 2.24) is 10.2 Å². The van der Waals surface area contributed by atoms with E-state index in [1.54, 1.807) is 18.7 Å². The molecular weight excluding hydrogens is 363 g/mol. The number of piperidine rings is 1. The fraction of sp³-hybridized carbons (Fsp3) is 0.476. The zero-order valence-electron chi connectivity index (χ0n) is 16.2. The lowest BCUT2D eigenvalue weighted by Crippen LogP contribution is -2.46. The maximum atomic E-state index is 13.0. The Bertz CT molecular complexity index is 801. The van der Waals surface area contributed by atoms with Crippen LogP contribution in [0.15, 0.2) is 36.1 Å². The summed E-state index contributed by atoms with van der Waals surface area (Å²) in [7, 11) is 0. The number of carbonyl (C=O) groups is 3. The highest BCUT2D eigenvalue weighted by molar-refractivity contribution is 6.01. The third kappa shape index (κ3) is 4.97. The van der Waals surface area contributed by atoms with E-state index in [4.69, 9.17) is 4.74 Å². The van der Waals surface area contributed by atoms with E-state index in [0.717, 1.165) is 12.8 Å². The highest BCUT2D eigenvalue weighted by Gasteiger charge is 2.35. The third-order valence-corrected chi connectivity index (χ3v) is 4.95. The Hall–Kier alpha value is -2.70. The van der Waals surface area contributed by atoms with Crippen LogP contribution in [-0.2, 0) is 14.3 Å². The van der Waals surface area contributed by atoms with Crippen molar-refractivity contribution in [2.75, 3.05) is 19.6 Å². The van der Waals surface area contributed by atoms with Crippen molar-refractivity contribution >= 4 is 17.6 Å². The van der Waals surface area contributed by atoms with E-state index in [2.05, 4.69) is 5.32 Å². The predicted octanol–water partition coefficient (Wildman–Crippen LogP) is 2.45. The number of rotatable bonds is 4. The molecule has 0 spiro atoms. The van der Waals surface area contributed by atoms with Gasteiger partial charge in [-0.25, -0.2) is 4.39 Å². The van der Waals surface area contributed by atoms with Gasteiger partial charge in [0, 0.05) is 37.7 Å². The summed E-state index contributed by atoms with van der Waals surface area (Å²) in [5.74, 6) is -0.851. The SMILES string of the molecule is CC1(C)CC(=O)C=C(C(=O)N2CCC[C@@H](CNC(=O)c3ccc(F)cc3)C2)O1. The second-order valence-corrected chi connectivity index (χ2v) is 7.99. The molecule has 2 aliphatic rings. The van der Waals surface area contributed by atoms with Gasteiger partial charge in [-0.2, -0.15) is 0 Å². The lowest BCUT2D eigenvalue weighted by Gasteiger charge is -2.36. The summed E-state index contributed by atoms with van der Waals surface area (Å²) in [6, 6.07) is 5.37. The summed E-state index contributed by atoms with van der Waals surface area (Å²) in [5.41, 5.74) is -0.290. The monoisotopic (exact) mass is 388 g/mol. The zero-order chi connectivity index (χ0) is 20.3. The van der Waals surface area contributed by atoms with Gasteiger partial charge in [-0.05, 0) is 56.9 Å². The van der Waals surface area contributed by atoms with Crippen molar-refractivity contribution in [3.05, 3.63) is 47.5 Å². The van der Waals surface area contributed by atoms with Gasteiger partial charge in [0.1, 0.15) is 11.4 Å². The largest absolute Gasteiger partial charge is 0.481 e. The fourth-order valence-electron chi connectivity index (χ4n) is 3.60. The maximum Gasteiger partial charge on any atom is 0.289 e. The molecular formula is C21H25FN2O4. The first-order valence-electron chi connectivity index (χ1n) is 9.50. The number of allylic oxidation sites excluding steroid dienone is 1. The van der Waals surface area contributed by atoms with E-state index in [0.29, 0.717) is 25.2 Å². The van der Waals surface area contributed by atoms with Gasteiger partial charge >= 0.3 is 0 Å². The summed E-state index contributed by atoms with van der Waals surface area (Å²) < 4.78 is 18.7. The molecule has 1 aromatic rings. The smallest absolute Gasteiger partial charge is 0.289 e. The topological polar surface area (TPSA) is 75.7 Å². The van der Waals surface area contributed by atoms with Crippen molar-refractivity contribution < 1.29 is 23.5 Å². The van der Waals surface area contributed by atoms with Gasteiger partial charge in [0.15, 0.2) is 11.5 Å². The van der Waals surface area contributed by atoms with Gasteiger partial charge in [0.25, 0.3) is 11.8 Å². The summed E-state index contributed by atoms with van der Waals surface area (Å²) in [6.07, 6.45) is 3.24. The van der Waals surface area contributed by atoms with Gasteiger partial charge < -0.3 is 15.0 Å². The summed E-state index contributed by atoms with van der Waals surface area (Å²) in [4.78, 5) is 38.5. The van der Waals surface area contributed by atoms with Crippen LogP contribution in [0.25, 0.3) is 0 Å². The molecule has 0 saturated carbocycles. The average Bonchev–Trinajstić information content (AvgIpc) is 2.64. The summed E-state index contributed by atoms with van der Waals surface area (Å²) in [5, 5.41) is 2.85. The minimum Gasteiger partial charge on any atom is -0.481 e. The molecule has 2 aliphatic heterocycles. The number of carbonyl (C=O) groups excluding carboxylic acids is 3. The number of benzene rings is 1. The Balaban J connectivity index is 1.56. The molecule has 0 aliphatic carbocycles.